The molecule has 0 aliphatic rings. The monoisotopic (exact) mass is 144 g/mol. The average Bonchev–Trinajstić information content (AvgIpc) is 1.86. The van der Waals surface area contributed by atoms with Crippen LogP contribution in [0.25, 0.3) is 0 Å². The summed E-state index contributed by atoms with van der Waals surface area (Å²) < 4.78 is 8.86. The van der Waals surface area contributed by atoms with E-state index in [-0.39, 0.29) is 0 Å². The van der Waals surface area contributed by atoms with Crippen LogP contribution in [-0.2, 0) is 0 Å². The van der Waals surface area contributed by atoms with E-state index in [0.29, 0.717) is 0 Å². The maximum absolute atomic E-state index is 8.31. The lowest BCUT2D eigenvalue weighted by Gasteiger charge is -1.62. The number of rotatable bonds is 0. The molecular weight excluding hydrogens is 143 g/mol. The first-order chi connectivity index (χ1) is 2.89. The molecular formula is HO3PS2. The van der Waals surface area contributed by atoms with Gasteiger partial charge in [0.2, 0.25) is 0 Å². The van der Waals surface area contributed by atoms with Gasteiger partial charge in [0.1, 0.15) is 21.3 Å². The molecule has 6 heavy (non-hydrogen) atoms. The van der Waals surface area contributed by atoms with Gasteiger partial charge >= 0.3 is 8.24 Å². The Morgan fingerprint density at radius 2 is 1.83 bits per heavy atom. The van der Waals surface area contributed by atoms with Gasteiger partial charge in [-0.15, -0.1) is 0 Å². The fourth-order valence-electron chi connectivity index (χ4n) is 0.0893. The summed E-state index contributed by atoms with van der Waals surface area (Å²) in [7, 11) is 0.572. The Bertz CT molecular complexity index is 112. The van der Waals surface area contributed by atoms with E-state index in [9.17, 15) is 0 Å². The van der Waals surface area contributed by atoms with Crippen molar-refractivity contribution in [3.05, 3.63) is 0 Å². The topological polar surface area (TPSA) is 46.5 Å². The quantitative estimate of drug-likeness (QED) is 0.565. The third-order valence-corrected chi connectivity index (χ3v) is 3.04. The second-order valence-electron chi connectivity index (χ2n) is 0.523. The molecule has 0 unspecified atom stereocenters. The Morgan fingerprint density at radius 3 is 2.00 bits per heavy atom. The summed E-state index contributed by atoms with van der Waals surface area (Å²) in [6.45, 7) is 0. The molecule has 0 atom stereocenters. The average molecular weight is 144 g/mol. The van der Waals surface area contributed by atoms with Gasteiger partial charge in [-0.25, -0.2) is 0 Å². The van der Waals surface area contributed by atoms with Crippen molar-refractivity contribution >= 4 is 29.5 Å². The summed E-state index contributed by atoms with van der Waals surface area (Å²) >= 11 is 0. The van der Waals surface area contributed by atoms with E-state index in [1.54, 1.807) is 0 Å². The summed E-state index contributed by atoms with van der Waals surface area (Å²) in [4.78, 5) is 8.31. The highest BCUT2D eigenvalue weighted by Gasteiger charge is 1.84. The zero-order valence-electron chi connectivity index (χ0n) is 2.53. The molecule has 1 aromatic heterocycles. The molecule has 0 bridgehead atoms. The second kappa shape index (κ2) is 1.84. The molecule has 6 heteroatoms. The second-order valence-corrected chi connectivity index (χ2v) is 3.28. The zero-order valence-corrected chi connectivity index (χ0v) is 5.05. The van der Waals surface area contributed by atoms with E-state index < -0.39 is 8.24 Å². The zero-order chi connectivity index (χ0) is 4.41. The molecule has 1 heterocycles. The van der Waals surface area contributed by atoms with Gasteiger partial charge in [-0.1, -0.05) is 0 Å². The summed E-state index contributed by atoms with van der Waals surface area (Å²) in [5.74, 6) is 0. The third-order valence-electron chi connectivity index (χ3n) is 0.216. The molecule has 0 aromatic carbocycles. The molecule has 1 N–H and O–H groups in total. The van der Waals surface area contributed by atoms with Crippen molar-refractivity contribution in [2.75, 3.05) is 0 Å². The van der Waals surface area contributed by atoms with Crippen LogP contribution < -0.4 is 0 Å². The van der Waals surface area contributed by atoms with E-state index in [1.807, 2.05) is 0 Å². The molecule has 0 radical (unpaired) electrons. The first kappa shape index (κ1) is 4.46. The van der Waals surface area contributed by atoms with E-state index >= 15 is 0 Å². The lowest BCUT2D eigenvalue weighted by Crippen LogP contribution is -1.28. The van der Waals surface area contributed by atoms with Crippen LogP contribution in [-0.4, -0.2) is 4.89 Å². The first-order valence-corrected chi connectivity index (χ1v) is 4.20. The lowest BCUT2D eigenvalue weighted by atomic mass is 15.8. The molecule has 0 saturated carbocycles. The molecule has 0 aliphatic carbocycles. The standard InChI is InChI=1S/HO3PS2/c1-4-2-5-6-3-4/h1H. The van der Waals surface area contributed by atoms with Gasteiger partial charge in [-0.05, 0) is 0 Å². The smallest absolute Gasteiger partial charge is 0.323 e. The number of hydrogen-bond acceptors (Lipinski definition) is 5. The van der Waals surface area contributed by atoms with Gasteiger partial charge in [0.15, 0.2) is 0 Å². The van der Waals surface area contributed by atoms with Crippen LogP contribution in [0.1, 0.15) is 0 Å². The van der Waals surface area contributed by atoms with Crippen LogP contribution in [0.15, 0.2) is 7.26 Å². The van der Waals surface area contributed by atoms with E-state index in [1.165, 1.54) is 0 Å². The minimum atomic E-state index is -1.54. The fourth-order valence-corrected chi connectivity index (χ4v) is 2.41. The Morgan fingerprint density at radius 1 is 1.33 bits per heavy atom. The minimum absolute atomic E-state index is 1.06. The van der Waals surface area contributed by atoms with Crippen LogP contribution in [0.3, 0.4) is 0 Å². The molecule has 0 amide bonds. The molecule has 0 saturated heterocycles. The van der Waals surface area contributed by atoms with Gasteiger partial charge in [0, 0.05) is 0 Å². The van der Waals surface area contributed by atoms with Crippen molar-refractivity contribution in [3.8, 4) is 0 Å². The maximum atomic E-state index is 8.31. The van der Waals surface area contributed by atoms with Crippen molar-refractivity contribution in [2.24, 2.45) is 0 Å². The van der Waals surface area contributed by atoms with Gasteiger partial charge < -0.3 is 7.26 Å². The van der Waals surface area contributed by atoms with Crippen LogP contribution in [0.4, 0.5) is 0 Å². The molecule has 1 aromatic rings. The molecule has 0 spiro atoms. The molecule has 3 nitrogen and oxygen atoms in total. The van der Waals surface area contributed by atoms with Crippen LogP contribution in [0, 0.1) is 0 Å². The van der Waals surface area contributed by atoms with Gasteiger partial charge in [-0.2, -0.15) is 0 Å². The SMILES string of the molecule is Op1osso1. The van der Waals surface area contributed by atoms with Crippen molar-refractivity contribution in [1.29, 1.82) is 0 Å². The Kier molecular flexibility index (Phi) is 1.37. The lowest BCUT2D eigenvalue weighted by molar-refractivity contribution is 0.534. The van der Waals surface area contributed by atoms with Crippen molar-refractivity contribution in [1.82, 2.24) is 0 Å². The molecule has 0 aliphatic heterocycles. The summed E-state index contributed by atoms with van der Waals surface area (Å²) in [6, 6.07) is 0. The van der Waals surface area contributed by atoms with E-state index in [2.05, 4.69) is 7.26 Å². The van der Waals surface area contributed by atoms with Gasteiger partial charge in [0.05, 0.1) is 0 Å². The van der Waals surface area contributed by atoms with Gasteiger partial charge in [0.25, 0.3) is 0 Å². The largest absolute Gasteiger partial charge is 0.410 e. The normalized spacial score (nSPS) is 8.83. The number of hydrogen-bond donors (Lipinski definition) is 1. The molecule has 36 valence electrons. The maximum Gasteiger partial charge on any atom is 0.410 e. The Hall–Kier alpha value is 0.300. The van der Waals surface area contributed by atoms with Gasteiger partial charge in [-0.3, -0.25) is 4.89 Å². The van der Waals surface area contributed by atoms with Crippen molar-refractivity contribution < 1.29 is 12.2 Å². The summed E-state index contributed by atoms with van der Waals surface area (Å²) in [5, 5.41) is 0. The van der Waals surface area contributed by atoms with Crippen LogP contribution >= 0.6 is 29.5 Å². The molecule has 0 fully saturated rings. The summed E-state index contributed by atoms with van der Waals surface area (Å²) in [6.07, 6.45) is 0. The Labute approximate surface area is 42.3 Å². The predicted molar refractivity (Wildman–Crippen MR) is 24.7 cm³/mol. The van der Waals surface area contributed by atoms with Crippen molar-refractivity contribution in [2.45, 2.75) is 0 Å². The van der Waals surface area contributed by atoms with Crippen LogP contribution in [0.5, 0.6) is 0 Å². The van der Waals surface area contributed by atoms with Crippen LogP contribution in [0.2, 0.25) is 0 Å². The highest BCUT2D eigenvalue weighted by molar-refractivity contribution is 7.66. The first-order valence-electron chi connectivity index (χ1n) is 1.07. The molecule has 1 rings (SSSR count). The summed E-state index contributed by atoms with van der Waals surface area (Å²) in [5.41, 5.74) is 0. The van der Waals surface area contributed by atoms with E-state index in [0.717, 1.165) is 21.3 Å². The fraction of sp³-hybridized carbons (Fsp3) is 0. The highest BCUT2D eigenvalue weighted by Crippen LogP contribution is 2.27. The highest BCUT2D eigenvalue weighted by atomic mass is 32.9. The minimum Gasteiger partial charge on any atom is -0.323 e. The predicted octanol–water partition coefficient (Wildman–Crippen LogP) is 1.86. The van der Waals surface area contributed by atoms with Crippen molar-refractivity contribution in [3.63, 3.8) is 0 Å². The third kappa shape index (κ3) is 0.879. The Balaban J connectivity index is 3.05. The van der Waals surface area contributed by atoms with E-state index in [4.69, 9.17) is 4.89 Å².